The number of benzene rings is 1. The first-order valence-electron chi connectivity index (χ1n) is 7.31. The maximum absolute atomic E-state index is 12.1. The van der Waals surface area contributed by atoms with Gasteiger partial charge < -0.3 is 19.7 Å². The van der Waals surface area contributed by atoms with Crippen molar-refractivity contribution >= 4 is 28.1 Å². The number of aldehydes is 1. The molecular weight excluding hydrogens is 336 g/mol. The number of carbonyl (C=O) groups excluding carboxylic acids is 3. The molecule has 1 N–H and O–H groups in total. The van der Waals surface area contributed by atoms with Gasteiger partial charge >= 0.3 is 6.09 Å². The molecular formula is C15H18N2O6S. The van der Waals surface area contributed by atoms with Gasteiger partial charge in [0.15, 0.2) is 9.84 Å². The van der Waals surface area contributed by atoms with Gasteiger partial charge in [0.05, 0.1) is 11.5 Å². The lowest BCUT2D eigenvalue weighted by Gasteiger charge is -2.32. The lowest BCUT2D eigenvalue weighted by molar-refractivity contribution is -0.134. The fourth-order valence-corrected chi connectivity index (χ4v) is 3.70. The average Bonchev–Trinajstić information content (AvgIpc) is 2.57. The van der Waals surface area contributed by atoms with Crippen molar-refractivity contribution in [2.24, 2.45) is 0 Å². The number of sulfone groups is 1. The second kappa shape index (κ2) is 7.91. The molecule has 130 valence electrons. The van der Waals surface area contributed by atoms with Gasteiger partial charge in [-0.15, -0.1) is 0 Å². The quantitative estimate of drug-likeness (QED) is 0.730. The maximum atomic E-state index is 12.1. The number of hydrogen-bond acceptors (Lipinski definition) is 6. The standard InChI is InChI=1S/C15H18N2O6S/c18-9-13-11-24(21,22)7-6-17(13)14(19)8-16-15(20)23-10-12-4-2-1-3-5-12/h1-5,9,13H,6-8,10-11H2,(H,16,20). The van der Waals surface area contributed by atoms with Crippen molar-refractivity contribution in [3.63, 3.8) is 0 Å². The number of nitrogens with one attached hydrogen (secondary N) is 1. The third-order valence-corrected chi connectivity index (χ3v) is 5.20. The molecule has 1 aliphatic heterocycles. The Bertz CT molecular complexity index is 704. The van der Waals surface area contributed by atoms with E-state index in [-0.39, 0.29) is 31.2 Å². The Labute approximate surface area is 139 Å². The van der Waals surface area contributed by atoms with E-state index >= 15 is 0 Å². The van der Waals surface area contributed by atoms with Crippen LogP contribution in [0.4, 0.5) is 4.79 Å². The van der Waals surface area contributed by atoms with Crippen molar-refractivity contribution in [2.45, 2.75) is 12.6 Å². The molecule has 2 amide bonds. The van der Waals surface area contributed by atoms with Gasteiger partial charge in [-0.1, -0.05) is 30.3 Å². The SMILES string of the molecule is O=CC1CS(=O)(=O)CCN1C(=O)CNC(=O)OCc1ccccc1. The van der Waals surface area contributed by atoms with Crippen LogP contribution in [0.2, 0.25) is 0 Å². The van der Waals surface area contributed by atoms with E-state index < -0.39 is 27.9 Å². The van der Waals surface area contributed by atoms with Crippen molar-refractivity contribution < 1.29 is 27.5 Å². The summed E-state index contributed by atoms with van der Waals surface area (Å²) >= 11 is 0. The van der Waals surface area contributed by atoms with Crippen molar-refractivity contribution in [1.82, 2.24) is 10.2 Å². The number of amides is 2. The predicted octanol–water partition coefficient (Wildman–Crippen LogP) is -0.263. The first kappa shape index (κ1) is 17.9. The summed E-state index contributed by atoms with van der Waals surface area (Å²) in [5, 5.41) is 2.30. The molecule has 8 nitrogen and oxygen atoms in total. The molecule has 9 heteroatoms. The molecule has 1 heterocycles. The Morgan fingerprint density at radius 3 is 2.67 bits per heavy atom. The van der Waals surface area contributed by atoms with E-state index in [9.17, 15) is 22.8 Å². The molecule has 1 unspecified atom stereocenters. The highest BCUT2D eigenvalue weighted by atomic mass is 32.2. The van der Waals surface area contributed by atoms with Crippen LogP contribution >= 0.6 is 0 Å². The van der Waals surface area contributed by atoms with Crippen LogP contribution in [0.3, 0.4) is 0 Å². The zero-order valence-corrected chi connectivity index (χ0v) is 13.7. The third kappa shape index (κ3) is 5.05. The van der Waals surface area contributed by atoms with Crippen LogP contribution in [0.25, 0.3) is 0 Å². The first-order valence-corrected chi connectivity index (χ1v) is 9.13. The van der Waals surface area contributed by atoms with E-state index in [4.69, 9.17) is 4.74 Å². The molecule has 0 bridgehead atoms. The van der Waals surface area contributed by atoms with Crippen LogP contribution in [0.15, 0.2) is 30.3 Å². The van der Waals surface area contributed by atoms with Gasteiger partial charge in [-0.3, -0.25) is 4.79 Å². The highest BCUT2D eigenvalue weighted by molar-refractivity contribution is 7.91. The lowest BCUT2D eigenvalue weighted by Crippen LogP contribution is -2.54. The van der Waals surface area contributed by atoms with Gasteiger partial charge in [-0.05, 0) is 5.56 Å². The van der Waals surface area contributed by atoms with Crippen LogP contribution in [0.5, 0.6) is 0 Å². The van der Waals surface area contributed by atoms with Crippen molar-refractivity contribution in [2.75, 3.05) is 24.6 Å². The summed E-state index contributed by atoms with van der Waals surface area (Å²) in [5.41, 5.74) is 0.807. The molecule has 0 aromatic heterocycles. The topological polar surface area (TPSA) is 110 Å². The number of ether oxygens (including phenoxy) is 1. The summed E-state index contributed by atoms with van der Waals surface area (Å²) in [5.74, 6) is -1.11. The normalized spacial score (nSPS) is 19.3. The lowest BCUT2D eigenvalue weighted by atomic mass is 10.2. The van der Waals surface area contributed by atoms with Crippen LogP contribution < -0.4 is 5.32 Å². The van der Waals surface area contributed by atoms with Crippen LogP contribution in [-0.4, -0.2) is 62.2 Å². The Hall–Kier alpha value is -2.42. The van der Waals surface area contributed by atoms with Gasteiger partial charge in [0.2, 0.25) is 5.91 Å². The van der Waals surface area contributed by atoms with Crippen LogP contribution in [0, 0.1) is 0 Å². The molecule has 0 aliphatic carbocycles. The molecule has 1 saturated heterocycles. The minimum Gasteiger partial charge on any atom is -0.445 e. The maximum Gasteiger partial charge on any atom is 0.407 e. The van der Waals surface area contributed by atoms with E-state index in [2.05, 4.69) is 5.32 Å². The molecule has 24 heavy (non-hydrogen) atoms. The summed E-state index contributed by atoms with van der Waals surface area (Å²) in [4.78, 5) is 35.8. The van der Waals surface area contributed by atoms with E-state index in [1.807, 2.05) is 18.2 Å². The smallest absolute Gasteiger partial charge is 0.407 e. The van der Waals surface area contributed by atoms with Crippen LogP contribution in [0.1, 0.15) is 5.56 Å². The summed E-state index contributed by atoms with van der Waals surface area (Å²) in [7, 11) is -3.32. The second-order valence-electron chi connectivity index (χ2n) is 5.32. The van der Waals surface area contributed by atoms with Crippen molar-refractivity contribution in [3.05, 3.63) is 35.9 Å². The minimum absolute atomic E-state index is 0.0642. The largest absolute Gasteiger partial charge is 0.445 e. The van der Waals surface area contributed by atoms with Gasteiger partial charge in [-0.2, -0.15) is 0 Å². The van der Waals surface area contributed by atoms with E-state index in [0.717, 1.165) is 10.5 Å². The van der Waals surface area contributed by atoms with Gasteiger partial charge in [0.25, 0.3) is 0 Å². The average molecular weight is 354 g/mol. The first-order chi connectivity index (χ1) is 11.4. The molecule has 0 saturated carbocycles. The predicted molar refractivity (Wildman–Crippen MR) is 84.8 cm³/mol. The van der Waals surface area contributed by atoms with Crippen LogP contribution in [-0.2, 0) is 30.8 Å². The number of hydrogen-bond donors (Lipinski definition) is 1. The second-order valence-corrected chi connectivity index (χ2v) is 7.55. The Kier molecular flexibility index (Phi) is 5.91. The van der Waals surface area contributed by atoms with E-state index in [0.29, 0.717) is 6.29 Å². The van der Waals surface area contributed by atoms with Gasteiger partial charge in [0.1, 0.15) is 25.5 Å². The molecule has 1 aromatic carbocycles. The molecule has 1 aromatic rings. The summed E-state index contributed by atoms with van der Waals surface area (Å²) in [6.45, 7) is -0.358. The van der Waals surface area contributed by atoms with Crippen molar-refractivity contribution in [3.8, 4) is 0 Å². The zero-order valence-electron chi connectivity index (χ0n) is 12.9. The van der Waals surface area contributed by atoms with E-state index in [1.165, 1.54) is 0 Å². The fraction of sp³-hybridized carbons (Fsp3) is 0.400. The summed E-state index contributed by atoms with van der Waals surface area (Å²) in [6, 6.07) is 8.03. The molecule has 2 rings (SSSR count). The van der Waals surface area contributed by atoms with Gasteiger partial charge in [0, 0.05) is 6.54 Å². The number of carbonyl (C=O) groups is 3. The summed E-state index contributed by atoms with van der Waals surface area (Å²) < 4.78 is 27.9. The number of alkyl carbamates (subject to hydrolysis) is 1. The Morgan fingerprint density at radius 2 is 2.00 bits per heavy atom. The molecule has 1 atom stereocenters. The molecule has 0 radical (unpaired) electrons. The molecule has 0 spiro atoms. The monoisotopic (exact) mass is 354 g/mol. The highest BCUT2D eigenvalue weighted by Crippen LogP contribution is 2.10. The summed E-state index contributed by atoms with van der Waals surface area (Å²) in [6.07, 6.45) is -0.331. The number of rotatable bonds is 5. The Morgan fingerprint density at radius 1 is 1.29 bits per heavy atom. The minimum atomic E-state index is -3.32. The Balaban J connectivity index is 1.79. The van der Waals surface area contributed by atoms with Gasteiger partial charge in [-0.25, -0.2) is 13.2 Å². The fourth-order valence-electron chi connectivity index (χ4n) is 2.28. The van der Waals surface area contributed by atoms with Crippen molar-refractivity contribution in [1.29, 1.82) is 0 Å². The third-order valence-electron chi connectivity index (χ3n) is 3.54. The number of nitrogens with zero attached hydrogens (tertiary/aromatic N) is 1. The molecule has 1 fully saturated rings. The van der Waals surface area contributed by atoms with E-state index in [1.54, 1.807) is 12.1 Å². The zero-order chi connectivity index (χ0) is 17.6. The highest BCUT2D eigenvalue weighted by Gasteiger charge is 2.33. The molecule has 1 aliphatic rings.